The smallest absolute Gasteiger partial charge is 0.161 e. The Morgan fingerprint density at radius 1 is 0.947 bits per heavy atom. The molecule has 2 aromatic rings. The summed E-state index contributed by atoms with van der Waals surface area (Å²) in [5, 5.41) is -0.225. The Labute approximate surface area is 126 Å². The van der Waals surface area contributed by atoms with E-state index in [2.05, 4.69) is 15.9 Å². The van der Waals surface area contributed by atoms with Gasteiger partial charge in [-0.25, -0.2) is 0 Å². The van der Waals surface area contributed by atoms with Crippen LogP contribution in [0.4, 0.5) is 0 Å². The Bertz CT molecular complexity index is 572. The third-order valence-corrected chi connectivity index (χ3v) is 3.84. The van der Waals surface area contributed by atoms with Gasteiger partial charge in [0.05, 0.1) is 19.6 Å². The molecule has 0 fully saturated rings. The second kappa shape index (κ2) is 6.31. The number of halogens is 2. The van der Waals surface area contributed by atoms with Crippen molar-refractivity contribution in [3.8, 4) is 11.5 Å². The van der Waals surface area contributed by atoms with Gasteiger partial charge in [0.2, 0.25) is 0 Å². The fourth-order valence-corrected chi connectivity index (χ4v) is 2.56. The molecule has 0 spiro atoms. The number of hydrogen-bond donors (Lipinski definition) is 0. The van der Waals surface area contributed by atoms with Crippen molar-refractivity contribution in [2.24, 2.45) is 0 Å². The summed E-state index contributed by atoms with van der Waals surface area (Å²) in [7, 11) is 3.23. The first kappa shape index (κ1) is 14.2. The molecule has 2 rings (SSSR count). The molecule has 0 saturated carbocycles. The van der Waals surface area contributed by atoms with Crippen LogP contribution in [0.15, 0.2) is 46.9 Å². The van der Waals surface area contributed by atoms with E-state index in [9.17, 15) is 0 Å². The quantitative estimate of drug-likeness (QED) is 0.744. The summed E-state index contributed by atoms with van der Waals surface area (Å²) in [6.07, 6.45) is 0. The minimum atomic E-state index is -0.225. The number of alkyl halides is 1. The zero-order valence-electron chi connectivity index (χ0n) is 10.7. The molecular weight excluding hydrogens is 328 g/mol. The van der Waals surface area contributed by atoms with Gasteiger partial charge in [-0.15, -0.1) is 11.6 Å². The van der Waals surface area contributed by atoms with Crippen molar-refractivity contribution in [2.75, 3.05) is 14.2 Å². The molecule has 1 unspecified atom stereocenters. The zero-order chi connectivity index (χ0) is 13.8. The lowest BCUT2D eigenvalue weighted by molar-refractivity contribution is 0.354. The fraction of sp³-hybridized carbons (Fsp3) is 0.200. The summed E-state index contributed by atoms with van der Waals surface area (Å²) >= 11 is 9.96. The lowest BCUT2D eigenvalue weighted by Gasteiger charge is -2.14. The maximum absolute atomic E-state index is 6.51. The Kier molecular flexibility index (Phi) is 4.72. The molecule has 0 aliphatic carbocycles. The van der Waals surface area contributed by atoms with E-state index in [4.69, 9.17) is 21.1 Å². The molecule has 100 valence electrons. The predicted octanol–water partition coefficient (Wildman–Crippen LogP) is 4.79. The van der Waals surface area contributed by atoms with Crippen LogP contribution in [0, 0.1) is 0 Å². The highest BCUT2D eigenvalue weighted by Crippen LogP contribution is 2.35. The van der Waals surface area contributed by atoms with Crippen LogP contribution in [-0.4, -0.2) is 14.2 Å². The van der Waals surface area contributed by atoms with Gasteiger partial charge in [0.1, 0.15) is 0 Å². The molecule has 0 radical (unpaired) electrons. The molecule has 2 aromatic carbocycles. The summed E-state index contributed by atoms with van der Waals surface area (Å²) in [4.78, 5) is 0. The molecule has 0 saturated heterocycles. The summed E-state index contributed by atoms with van der Waals surface area (Å²) in [5.41, 5.74) is 2.00. The number of benzene rings is 2. The van der Waals surface area contributed by atoms with E-state index in [0.29, 0.717) is 11.5 Å². The van der Waals surface area contributed by atoms with Crippen LogP contribution in [0.3, 0.4) is 0 Å². The Morgan fingerprint density at radius 2 is 1.63 bits per heavy atom. The highest BCUT2D eigenvalue weighted by atomic mass is 79.9. The van der Waals surface area contributed by atoms with E-state index in [-0.39, 0.29) is 5.38 Å². The van der Waals surface area contributed by atoms with E-state index in [0.717, 1.165) is 15.6 Å². The van der Waals surface area contributed by atoms with E-state index < -0.39 is 0 Å². The van der Waals surface area contributed by atoms with Gasteiger partial charge >= 0.3 is 0 Å². The van der Waals surface area contributed by atoms with Crippen LogP contribution in [-0.2, 0) is 0 Å². The number of ether oxygens (including phenoxy) is 2. The minimum Gasteiger partial charge on any atom is -0.493 e. The van der Waals surface area contributed by atoms with Gasteiger partial charge in [0, 0.05) is 4.47 Å². The van der Waals surface area contributed by atoms with Crippen LogP contribution in [0.25, 0.3) is 0 Å². The second-order valence-corrected chi connectivity index (χ2v) is 5.38. The van der Waals surface area contributed by atoms with Crippen LogP contribution in [0.5, 0.6) is 11.5 Å². The third-order valence-electron chi connectivity index (χ3n) is 2.84. The first-order valence-electron chi connectivity index (χ1n) is 5.77. The molecule has 1 atom stereocenters. The first-order valence-corrected chi connectivity index (χ1v) is 7.00. The second-order valence-electron chi connectivity index (χ2n) is 4.03. The Morgan fingerprint density at radius 3 is 2.26 bits per heavy atom. The van der Waals surface area contributed by atoms with E-state index in [1.165, 1.54) is 0 Å². The highest BCUT2D eigenvalue weighted by molar-refractivity contribution is 9.10. The topological polar surface area (TPSA) is 18.5 Å². The van der Waals surface area contributed by atoms with Crippen LogP contribution in [0.2, 0.25) is 0 Å². The van der Waals surface area contributed by atoms with Crippen molar-refractivity contribution in [3.05, 3.63) is 58.1 Å². The van der Waals surface area contributed by atoms with Crippen LogP contribution in [0.1, 0.15) is 16.5 Å². The molecule has 19 heavy (non-hydrogen) atoms. The van der Waals surface area contributed by atoms with Gasteiger partial charge in [-0.05, 0) is 35.4 Å². The SMILES string of the molecule is COc1ccc(C(Cl)c2cccc(Br)c2)cc1OC. The average molecular weight is 342 g/mol. The molecule has 0 aliphatic heterocycles. The van der Waals surface area contributed by atoms with Gasteiger partial charge in [-0.1, -0.05) is 34.1 Å². The number of rotatable bonds is 4. The van der Waals surface area contributed by atoms with Crippen molar-refractivity contribution in [2.45, 2.75) is 5.38 Å². The molecule has 0 N–H and O–H groups in total. The average Bonchev–Trinajstić information content (AvgIpc) is 2.45. The lowest BCUT2D eigenvalue weighted by atomic mass is 10.0. The van der Waals surface area contributed by atoms with Gasteiger partial charge in [-0.3, -0.25) is 0 Å². The summed E-state index contributed by atoms with van der Waals surface area (Å²) in [6, 6.07) is 13.7. The van der Waals surface area contributed by atoms with E-state index >= 15 is 0 Å². The molecule has 4 heteroatoms. The molecule has 0 heterocycles. The van der Waals surface area contributed by atoms with E-state index in [1.807, 2.05) is 42.5 Å². The monoisotopic (exact) mass is 340 g/mol. The Hall–Kier alpha value is -1.19. The molecule has 2 nitrogen and oxygen atoms in total. The summed E-state index contributed by atoms with van der Waals surface area (Å²) in [5.74, 6) is 1.38. The molecule has 0 bridgehead atoms. The fourth-order valence-electron chi connectivity index (χ4n) is 1.87. The van der Waals surface area contributed by atoms with Gasteiger partial charge in [0.25, 0.3) is 0 Å². The van der Waals surface area contributed by atoms with Crippen molar-refractivity contribution in [1.29, 1.82) is 0 Å². The Balaban J connectivity index is 2.36. The van der Waals surface area contributed by atoms with Crippen LogP contribution < -0.4 is 9.47 Å². The molecule has 0 amide bonds. The predicted molar refractivity (Wildman–Crippen MR) is 81.4 cm³/mol. The normalized spacial score (nSPS) is 12.0. The number of hydrogen-bond acceptors (Lipinski definition) is 2. The molecule has 0 aromatic heterocycles. The standard InChI is InChI=1S/C15H14BrClO2/c1-18-13-7-6-11(9-14(13)19-2)15(17)10-4-3-5-12(16)8-10/h3-9,15H,1-2H3. The highest BCUT2D eigenvalue weighted by Gasteiger charge is 2.14. The molecular formula is C15H14BrClO2. The molecule has 0 aliphatic rings. The van der Waals surface area contributed by atoms with E-state index in [1.54, 1.807) is 14.2 Å². The van der Waals surface area contributed by atoms with Crippen molar-refractivity contribution < 1.29 is 9.47 Å². The first-order chi connectivity index (χ1) is 9.15. The van der Waals surface area contributed by atoms with Gasteiger partial charge in [0.15, 0.2) is 11.5 Å². The van der Waals surface area contributed by atoms with Crippen molar-refractivity contribution in [1.82, 2.24) is 0 Å². The maximum Gasteiger partial charge on any atom is 0.161 e. The largest absolute Gasteiger partial charge is 0.493 e. The minimum absolute atomic E-state index is 0.225. The summed E-state index contributed by atoms with van der Waals surface area (Å²) in [6.45, 7) is 0. The van der Waals surface area contributed by atoms with Gasteiger partial charge in [-0.2, -0.15) is 0 Å². The third kappa shape index (κ3) is 3.23. The van der Waals surface area contributed by atoms with Crippen molar-refractivity contribution in [3.63, 3.8) is 0 Å². The zero-order valence-corrected chi connectivity index (χ0v) is 13.0. The van der Waals surface area contributed by atoms with Gasteiger partial charge < -0.3 is 9.47 Å². The maximum atomic E-state index is 6.51. The van der Waals surface area contributed by atoms with Crippen molar-refractivity contribution >= 4 is 27.5 Å². The summed E-state index contributed by atoms with van der Waals surface area (Å²) < 4.78 is 11.5. The lowest BCUT2D eigenvalue weighted by Crippen LogP contribution is -1.96. The van der Waals surface area contributed by atoms with Crippen LogP contribution >= 0.6 is 27.5 Å². The number of methoxy groups -OCH3 is 2.